The summed E-state index contributed by atoms with van der Waals surface area (Å²) in [5.74, 6) is -0.287. The van der Waals surface area contributed by atoms with Gasteiger partial charge < -0.3 is 10.1 Å². The maximum absolute atomic E-state index is 12.0. The van der Waals surface area contributed by atoms with Crippen LogP contribution in [0.5, 0.6) is 0 Å². The lowest BCUT2D eigenvalue weighted by Crippen LogP contribution is -2.27. The fourth-order valence-electron chi connectivity index (χ4n) is 1.84. The van der Waals surface area contributed by atoms with Crippen LogP contribution >= 0.6 is 12.2 Å². The van der Waals surface area contributed by atoms with Crippen molar-refractivity contribution in [3.8, 4) is 0 Å². The van der Waals surface area contributed by atoms with E-state index in [0.717, 1.165) is 0 Å². The highest BCUT2D eigenvalue weighted by Gasteiger charge is 2.32. The van der Waals surface area contributed by atoms with Gasteiger partial charge in [0.05, 0.1) is 0 Å². The molecule has 0 bridgehead atoms. The van der Waals surface area contributed by atoms with Crippen molar-refractivity contribution in [1.29, 1.82) is 0 Å². The van der Waals surface area contributed by atoms with Gasteiger partial charge in [0, 0.05) is 24.7 Å². The summed E-state index contributed by atoms with van der Waals surface area (Å²) in [4.78, 5) is 24.6. The number of carbonyl (C=O) groups excluding carboxylic acids is 2. The van der Waals surface area contributed by atoms with E-state index in [1.807, 2.05) is 13.0 Å². The van der Waals surface area contributed by atoms with E-state index < -0.39 is 0 Å². The van der Waals surface area contributed by atoms with E-state index in [0.29, 0.717) is 17.8 Å². The summed E-state index contributed by atoms with van der Waals surface area (Å²) in [6.45, 7) is 3.71. The zero-order chi connectivity index (χ0) is 14.7. The van der Waals surface area contributed by atoms with E-state index in [1.54, 1.807) is 24.3 Å². The minimum absolute atomic E-state index is 0.153. The summed E-state index contributed by atoms with van der Waals surface area (Å²) in [6, 6.07) is 7.15. The number of para-hydroxylation sites is 1. The summed E-state index contributed by atoms with van der Waals surface area (Å²) < 4.78 is 5.30. The molecule has 1 saturated heterocycles. The molecule has 0 radical (unpaired) electrons. The van der Waals surface area contributed by atoms with Gasteiger partial charge in [-0.05, 0) is 31.3 Å². The maximum Gasteiger partial charge on any atom is 0.297 e. The molecule has 1 N–H and O–H groups in total. The zero-order valence-electron chi connectivity index (χ0n) is 11.2. The minimum Gasteiger partial charge on any atom is -0.426 e. The van der Waals surface area contributed by atoms with Crippen LogP contribution in [0.3, 0.4) is 0 Å². The van der Waals surface area contributed by atoms with Gasteiger partial charge in [-0.1, -0.05) is 18.2 Å². The number of thiocarbonyl (C=S) groups is 1. The lowest BCUT2D eigenvalue weighted by atomic mass is 10.1. The van der Waals surface area contributed by atoms with Gasteiger partial charge in [0.1, 0.15) is 0 Å². The van der Waals surface area contributed by atoms with Gasteiger partial charge in [0.2, 0.25) is 5.91 Å². The van der Waals surface area contributed by atoms with Crippen molar-refractivity contribution >= 4 is 41.0 Å². The van der Waals surface area contributed by atoms with E-state index in [9.17, 15) is 9.59 Å². The van der Waals surface area contributed by atoms with E-state index in [4.69, 9.17) is 17.0 Å². The third-order valence-electron chi connectivity index (χ3n) is 2.75. The van der Waals surface area contributed by atoms with Crippen LogP contribution in [0.1, 0.15) is 19.4 Å². The van der Waals surface area contributed by atoms with Crippen LogP contribution in [0.2, 0.25) is 0 Å². The van der Waals surface area contributed by atoms with Gasteiger partial charge in [-0.15, -0.1) is 0 Å². The Morgan fingerprint density at radius 2 is 2.15 bits per heavy atom. The summed E-state index contributed by atoms with van der Waals surface area (Å²) in [5, 5.41) is 2.86. The molecule has 2 amide bonds. The molecule has 0 atom stereocenters. The number of likely N-dealkylation sites (N-methyl/N-ethyl adjacent to an activating group) is 1. The number of nitrogens with one attached hydrogen (secondary N) is 1. The Hall–Kier alpha value is -2.21. The minimum atomic E-state index is -0.268. The Morgan fingerprint density at radius 3 is 2.75 bits per heavy atom. The topological polar surface area (TPSA) is 58.6 Å². The summed E-state index contributed by atoms with van der Waals surface area (Å²) in [7, 11) is 0. The van der Waals surface area contributed by atoms with Crippen LogP contribution in [0.4, 0.5) is 5.69 Å². The number of hydrogen-bond donors (Lipinski definition) is 1. The van der Waals surface area contributed by atoms with Gasteiger partial charge in [0.25, 0.3) is 11.1 Å². The van der Waals surface area contributed by atoms with E-state index >= 15 is 0 Å². The summed E-state index contributed by atoms with van der Waals surface area (Å²) >= 11 is 4.99. The molecule has 0 aliphatic carbocycles. The van der Waals surface area contributed by atoms with Crippen molar-refractivity contribution < 1.29 is 14.3 Å². The molecule has 20 heavy (non-hydrogen) atoms. The number of benzene rings is 1. The molecule has 1 aliphatic rings. The Kier molecular flexibility index (Phi) is 4.14. The predicted octanol–water partition coefficient (Wildman–Crippen LogP) is 2.15. The van der Waals surface area contributed by atoms with Crippen molar-refractivity contribution in [3.05, 3.63) is 35.6 Å². The predicted molar refractivity (Wildman–Crippen MR) is 79.8 cm³/mol. The Morgan fingerprint density at radius 1 is 1.45 bits per heavy atom. The van der Waals surface area contributed by atoms with Gasteiger partial charge in [-0.2, -0.15) is 0 Å². The Balaban J connectivity index is 2.34. The number of hydrogen-bond acceptors (Lipinski definition) is 4. The fraction of sp³-hybridized carbons (Fsp3) is 0.214. The first kappa shape index (κ1) is 14.2. The highest BCUT2D eigenvalue weighted by Crippen LogP contribution is 2.23. The lowest BCUT2D eigenvalue weighted by Gasteiger charge is -2.07. The molecule has 1 aromatic carbocycles. The van der Waals surface area contributed by atoms with Crippen LogP contribution in [0.25, 0.3) is 6.08 Å². The second-order valence-electron chi connectivity index (χ2n) is 4.19. The summed E-state index contributed by atoms with van der Waals surface area (Å²) in [5.41, 5.74) is 1.30. The fourth-order valence-corrected chi connectivity index (χ4v) is 2.14. The molecule has 104 valence electrons. The van der Waals surface area contributed by atoms with E-state index in [1.165, 1.54) is 11.8 Å². The van der Waals surface area contributed by atoms with Crippen LogP contribution in [0.15, 0.2) is 30.0 Å². The van der Waals surface area contributed by atoms with E-state index in [-0.39, 0.29) is 22.7 Å². The monoisotopic (exact) mass is 290 g/mol. The molecule has 1 fully saturated rings. The molecule has 1 heterocycles. The van der Waals surface area contributed by atoms with Crippen LogP contribution in [-0.4, -0.2) is 28.4 Å². The lowest BCUT2D eigenvalue weighted by molar-refractivity contribution is -0.122. The third kappa shape index (κ3) is 2.85. The highest BCUT2D eigenvalue weighted by atomic mass is 32.1. The molecule has 0 aromatic heterocycles. The second kappa shape index (κ2) is 5.83. The van der Waals surface area contributed by atoms with Gasteiger partial charge >= 0.3 is 0 Å². The number of ether oxygens (including phenoxy) is 1. The Bertz CT molecular complexity index is 610. The molecule has 0 saturated carbocycles. The third-order valence-corrected chi connectivity index (χ3v) is 3.05. The van der Waals surface area contributed by atoms with Crippen LogP contribution in [0, 0.1) is 0 Å². The summed E-state index contributed by atoms with van der Waals surface area (Å²) in [6.07, 6.45) is 1.58. The molecular weight excluding hydrogens is 276 g/mol. The van der Waals surface area contributed by atoms with Crippen molar-refractivity contribution in [2.75, 3.05) is 11.9 Å². The first-order chi connectivity index (χ1) is 9.52. The number of rotatable bonds is 3. The zero-order valence-corrected chi connectivity index (χ0v) is 12.0. The Labute approximate surface area is 122 Å². The number of carbonyl (C=O) groups is 2. The molecule has 1 aliphatic heterocycles. The van der Waals surface area contributed by atoms with Crippen LogP contribution in [-0.2, 0) is 14.3 Å². The quantitative estimate of drug-likeness (QED) is 0.684. The average molecular weight is 290 g/mol. The van der Waals surface area contributed by atoms with Gasteiger partial charge in [-0.25, -0.2) is 0 Å². The number of anilines is 1. The van der Waals surface area contributed by atoms with Crippen molar-refractivity contribution in [2.45, 2.75) is 13.8 Å². The smallest absolute Gasteiger partial charge is 0.297 e. The molecule has 2 rings (SSSR count). The van der Waals surface area contributed by atoms with Crippen molar-refractivity contribution in [2.24, 2.45) is 0 Å². The first-order valence-corrected chi connectivity index (χ1v) is 6.55. The molecular formula is C14H14N2O3S. The maximum atomic E-state index is 12.0. The van der Waals surface area contributed by atoms with E-state index in [2.05, 4.69) is 5.32 Å². The largest absolute Gasteiger partial charge is 0.426 e. The number of nitrogens with zero attached hydrogens (tertiary/aromatic N) is 1. The SMILES string of the molecule is CCN1C(=O)/C(=C/c2ccccc2NC(C)=O)OC1=S. The molecule has 5 nitrogen and oxygen atoms in total. The normalized spacial score (nSPS) is 16.5. The molecule has 0 unspecified atom stereocenters. The van der Waals surface area contributed by atoms with Crippen molar-refractivity contribution in [3.63, 3.8) is 0 Å². The average Bonchev–Trinajstić information content (AvgIpc) is 2.66. The van der Waals surface area contributed by atoms with Crippen molar-refractivity contribution in [1.82, 2.24) is 4.90 Å². The first-order valence-electron chi connectivity index (χ1n) is 6.15. The standard InChI is InChI=1S/C14H14N2O3S/c1-3-16-13(18)12(19-14(16)20)8-10-6-4-5-7-11(10)15-9(2)17/h4-8H,3H2,1-2H3,(H,15,17)/b12-8-. The highest BCUT2D eigenvalue weighted by molar-refractivity contribution is 7.80. The van der Waals surface area contributed by atoms with Crippen LogP contribution < -0.4 is 5.32 Å². The molecule has 0 spiro atoms. The van der Waals surface area contributed by atoms with Gasteiger partial charge in [0.15, 0.2) is 5.76 Å². The molecule has 1 aromatic rings. The molecule has 6 heteroatoms. The van der Waals surface area contributed by atoms with Gasteiger partial charge in [-0.3, -0.25) is 14.5 Å². The second-order valence-corrected chi connectivity index (χ2v) is 4.54. The number of amides is 2.